The molecule has 0 spiro atoms. The Balaban J connectivity index is 2.09. The fourth-order valence-electron chi connectivity index (χ4n) is 2.21. The quantitative estimate of drug-likeness (QED) is 0.174. The average molecular weight is 270 g/mol. The number of hydrogen-bond donors (Lipinski definition) is 5. The molecule has 1 aliphatic heterocycles. The molecule has 0 radical (unpaired) electrons. The molecule has 7 nitrogen and oxygen atoms in total. The van der Waals surface area contributed by atoms with Crippen LogP contribution in [0.15, 0.2) is 0 Å². The second kappa shape index (κ2) is 8.71. The monoisotopic (exact) mass is 270 g/mol. The van der Waals surface area contributed by atoms with Gasteiger partial charge in [0.05, 0.1) is 6.67 Å². The van der Waals surface area contributed by atoms with Gasteiger partial charge in [-0.05, 0) is 32.4 Å². The van der Waals surface area contributed by atoms with Gasteiger partial charge in [0.15, 0.2) is 5.96 Å². The lowest BCUT2D eigenvalue weighted by Crippen LogP contribution is -2.48. The van der Waals surface area contributed by atoms with Gasteiger partial charge in [-0.1, -0.05) is 0 Å². The van der Waals surface area contributed by atoms with Crippen molar-refractivity contribution in [1.29, 1.82) is 5.41 Å². The summed E-state index contributed by atoms with van der Waals surface area (Å²) in [5, 5.41) is 17.2. The number of carbonyl (C=O) groups excluding carboxylic acids is 1. The maximum absolute atomic E-state index is 10.5. The predicted molar refractivity (Wildman–Crippen MR) is 75.8 cm³/mol. The minimum Gasteiger partial charge on any atom is -0.370 e. The van der Waals surface area contributed by atoms with Gasteiger partial charge in [0.2, 0.25) is 5.91 Å². The van der Waals surface area contributed by atoms with Crippen molar-refractivity contribution < 1.29 is 4.79 Å². The SMILES string of the molecule is CNCC1CCN(C(=N)NCNCCC(N)=O)CC1. The Bertz CT molecular complexity index is 288. The van der Waals surface area contributed by atoms with Crippen LogP contribution in [0.1, 0.15) is 19.3 Å². The molecule has 0 aromatic heterocycles. The van der Waals surface area contributed by atoms with Crippen LogP contribution in [-0.2, 0) is 4.79 Å². The van der Waals surface area contributed by atoms with E-state index in [0.29, 0.717) is 25.6 Å². The summed E-state index contributed by atoms with van der Waals surface area (Å²) in [6.07, 6.45) is 2.57. The van der Waals surface area contributed by atoms with Crippen LogP contribution in [0.2, 0.25) is 0 Å². The summed E-state index contributed by atoms with van der Waals surface area (Å²) >= 11 is 0. The number of piperidine rings is 1. The Morgan fingerprint density at radius 1 is 1.42 bits per heavy atom. The van der Waals surface area contributed by atoms with Gasteiger partial charge in [0.1, 0.15) is 0 Å². The third kappa shape index (κ3) is 6.40. The molecule has 7 heteroatoms. The highest BCUT2D eigenvalue weighted by Crippen LogP contribution is 2.15. The summed E-state index contributed by atoms with van der Waals surface area (Å²) in [6.45, 7) is 3.95. The Labute approximate surface area is 114 Å². The van der Waals surface area contributed by atoms with Crippen LogP contribution in [0.5, 0.6) is 0 Å². The second-order valence-electron chi connectivity index (χ2n) is 4.91. The van der Waals surface area contributed by atoms with Crippen molar-refractivity contribution in [2.75, 3.05) is 39.9 Å². The smallest absolute Gasteiger partial charge is 0.218 e. The lowest BCUT2D eigenvalue weighted by atomic mass is 9.97. The van der Waals surface area contributed by atoms with Gasteiger partial charge in [0.25, 0.3) is 0 Å². The molecule has 1 heterocycles. The Morgan fingerprint density at radius 3 is 2.68 bits per heavy atom. The molecule has 0 saturated carbocycles. The van der Waals surface area contributed by atoms with E-state index in [-0.39, 0.29) is 5.91 Å². The zero-order valence-corrected chi connectivity index (χ0v) is 11.7. The first kappa shape index (κ1) is 15.7. The zero-order chi connectivity index (χ0) is 14.1. The topological polar surface area (TPSA) is 106 Å². The van der Waals surface area contributed by atoms with E-state index in [1.807, 2.05) is 7.05 Å². The van der Waals surface area contributed by atoms with Crippen molar-refractivity contribution in [3.05, 3.63) is 0 Å². The fraction of sp³-hybridized carbons (Fsp3) is 0.833. The molecule has 1 amide bonds. The summed E-state index contributed by atoms with van der Waals surface area (Å²) in [6, 6.07) is 0. The third-order valence-electron chi connectivity index (χ3n) is 3.35. The predicted octanol–water partition coefficient (Wildman–Crippen LogP) is -1.14. The van der Waals surface area contributed by atoms with Crippen molar-refractivity contribution in [3.8, 4) is 0 Å². The van der Waals surface area contributed by atoms with Crippen molar-refractivity contribution in [2.24, 2.45) is 11.7 Å². The number of likely N-dealkylation sites (tertiary alicyclic amines) is 1. The normalized spacial score (nSPS) is 16.4. The van der Waals surface area contributed by atoms with Gasteiger partial charge in [-0.2, -0.15) is 0 Å². The number of nitrogens with zero attached hydrogens (tertiary/aromatic N) is 1. The van der Waals surface area contributed by atoms with E-state index in [1.165, 1.54) is 0 Å². The van der Waals surface area contributed by atoms with Crippen molar-refractivity contribution >= 4 is 11.9 Å². The second-order valence-corrected chi connectivity index (χ2v) is 4.91. The highest BCUT2D eigenvalue weighted by Gasteiger charge is 2.19. The highest BCUT2D eigenvalue weighted by atomic mass is 16.1. The van der Waals surface area contributed by atoms with E-state index in [9.17, 15) is 4.79 Å². The van der Waals surface area contributed by atoms with Gasteiger partial charge in [0, 0.05) is 26.1 Å². The molecule has 6 N–H and O–H groups in total. The van der Waals surface area contributed by atoms with E-state index in [4.69, 9.17) is 11.1 Å². The van der Waals surface area contributed by atoms with Crippen LogP contribution in [-0.4, -0.2) is 56.7 Å². The molecular weight excluding hydrogens is 244 g/mol. The summed E-state index contributed by atoms with van der Waals surface area (Å²) < 4.78 is 0. The summed E-state index contributed by atoms with van der Waals surface area (Å²) in [7, 11) is 1.98. The van der Waals surface area contributed by atoms with Crippen molar-refractivity contribution in [2.45, 2.75) is 19.3 Å². The number of nitrogens with two attached hydrogens (primary N) is 1. The number of nitrogens with one attached hydrogen (secondary N) is 4. The molecule has 19 heavy (non-hydrogen) atoms. The maximum Gasteiger partial charge on any atom is 0.218 e. The molecule has 0 unspecified atom stereocenters. The number of guanidine groups is 1. The van der Waals surface area contributed by atoms with Crippen LogP contribution >= 0.6 is 0 Å². The average Bonchev–Trinajstić information content (AvgIpc) is 2.39. The number of primary amides is 1. The summed E-state index contributed by atoms with van der Waals surface area (Å²) in [5.74, 6) is 0.867. The Morgan fingerprint density at radius 2 is 2.11 bits per heavy atom. The van der Waals surface area contributed by atoms with Gasteiger partial charge >= 0.3 is 0 Å². The van der Waals surface area contributed by atoms with Crippen LogP contribution in [0.25, 0.3) is 0 Å². The van der Waals surface area contributed by atoms with E-state index in [2.05, 4.69) is 20.9 Å². The van der Waals surface area contributed by atoms with Crippen molar-refractivity contribution in [1.82, 2.24) is 20.9 Å². The van der Waals surface area contributed by atoms with Gasteiger partial charge in [-0.3, -0.25) is 15.5 Å². The van der Waals surface area contributed by atoms with E-state index < -0.39 is 0 Å². The zero-order valence-electron chi connectivity index (χ0n) is 11.7. The lowest BCUT2D eigenvalue weighted by Gasteiger charge is -2.33. The fourth-order valence-corrected chi connectivity index (χ4v) is 2.21. The molecule has 1 saturated heterocycles. The summed E-state index contributed by atoms with van der Waals surface area (Å²) in [4.78, 5) is 12.6. The molecule has 1 rings (SSSR count). The van der Waals surface area contributed by atoms with Gasteiger partial charge in [-0.25, -0.2) is 0 Å². The molecule has 0 aromatic carbocycles. The molecule has 1 aliphatic rings. The van der Waals surface area contributed by atoms with Gasteiger partial charge < -0.3 is 21.3 Å². The minimum atomic E-state index is -0.311. The lowest BCUT2D eigenvalue weighted by molar-refractivity contribution is -0.117. The molecule has 0 bridgehead atoms. The molecule has 0 aromatic rings. The largest absolute Gasteiger partial charge is 0.370 e. The maximum atomic E-state index is 10.5. The van der Waals surface area contributed by atoms with Crippen LogP contribution < -0.4 is 21.7 Å². The van der Waals surface area contributed by atoms with Crippen LogP contribution in [0.3, 0.4) is 0 Å². The molecular formula is C12H26N6O. The van der Waals surface area contributed by atoms with E-state index in [0.717, 1.165) is 38.4 Å². The van der Waals surface area contributed by atoms with Gasteiger partial charge in [-0.15, -0.1) is 0 Å². The van der Waals surface area contributed by atoms with E-state index in [1.54, 1.807) is 0 Å². The first-order valence-corrected chi connectivity index (χ1v) is 6.84. The molecule has 0 aliphatic carbocycles. The van der Waals surface area contributed by atoms with E-state index >= 15 is 0 Å². The Hall–Kier alpha value is -1.34. The molecule has 0 atom stereocenters. The third-order valence-corrected chi connectivity index (χ3v) is 3.35. The van der Waals surface area contributed by atoms with Crippen molar-refractivity contribution in [3.63, 3.8) is 0 Å². The van der Waals surface area contributed by atoms with Crippen LogP contribution in [0.4, 0.5) is 0 Å². The Kier molecular flexibility index (Phi) is 7.20. The number of carbonyl (C=O) groups is 1. The highest BCUT2D eigenvalue weighted by molar-refractivity contribution is 5.76. The molecule has 110 valence electrons. The first-order chi connectivity index (χ1) is 9.13. The standard InChI is InChI=1S/C12H26N6O/c1-15-8-10-3-6-18(7-4-10)12(14)17-9-16-5-2-11(13)19/h10,15-16H,2-9H2,1H3,(H2,13,19)(H2,14,17). The first-order valence-electron chi connectivity index (χ1n) is 6.84. The number of hydrogen-bond acceptors (Lipinski definition) is 4. The number of amides is 1. The van der Waals surface area contributed by atoms with Crippen LogP contribution in [0, 0.1) is 11.3 Å². The minimum absolute atomic E-state index is 0.311. The molecule has 1 fully saturated rings. The summed E-state index contributed by atoms with van der Waals surface area (Å²) in [5.41, 5.74) is 5.03. The number of rotatable bonds is 7.